The predicted molar refractivity (Wildman–Crippen MR) is 61.1 cm³/mol. The van der Waals surface area contributed by atoms with Gasteiger partial charge in [-0.2, -0.15) is 0 Å². The average Bonchev–Trinajstić information content (AvgIpc) is 2.52. The van der Waals surface area contributed by atoms with E-state index in [9.17, 15) is 9.59 Å². The minimum absolute atomic E-state index is 0.114. The van der Waals surface area contributed by atoms with Crippen molar-refractivity contribution in [3.05, 3.63) is 29.8 Å². The monoisotopic (exact) mass is 218 g/mol. The number of hydrogen-bond donors (Lipinski definition) is 2. The van der Waals surface area contributed by atoms with Gasteiger partial charge in [-0.3, -0.25) is 9.59 Å². The first-order chi connectivity index (χ1) is 7.58. The number of carbonyl (C=O) groups excluding carboxylic acids is 2. The maximum absolute atomic E-state index is 11.9. The fraction of sp³-hybridized carbons (Fsp3) is 0.333. The van der Waals surface area contributed by atoms with Crippen LogP contribution in [0, 0.1) is 0 Å². The van der Waals surface area contributed by atoms with Gasteiger partial charge in [0.15, 0.2) is 0 Å². The van der Waals surface area contributed by atoms with Gasteiger partial charge < -0.3 is 10.6 Å². The normalized spacial score (nSPS) is 22.5. The van der Waals surface area contributed by atoms with Crippen molar-refractivity contribution in [2.24, 2.45) is 0 Å². The first kappa shape index (κ1) is 10.7. The van der Waals surface area contributed by atoms with Crippen molar-refractivity contribution >= 4 is 17.5 Å². The molecule has 1 aromatic rings. The molecule has 2 N–H and O–H groups in total. The lowest BCUT2D eigenvalue weighted by atomic mass is 9.80. The van der Waals surface area contributed by atoms with Gasteiger partial charge in [-0.25, -0.2) is 0 Å². The van der Waals surface area contributed by atoms with Crippen LogP contribution in [-0.2, 0) is 15.0 Å². The third-order valence-electron chi connectivity index (χ3n) is 3.06. The molecule has 0 radical (unpaired) electrons. The summed E-state index contributed by atoms with van der Waals surface area (Å²) in [7, 11) is 1.57. The van der Waals surface area contributed by atoms with Crippen molar-refractivity contribution in [1.82, 2.24) is 5.32 Å². The Morgan fingerprint density at radius 2 is 2.12 bits per heavy atom. The van der Waals surface area contributed by atoms with E-state index in [4.69, 9.17) is 0 Å². The van der Waals surface area contributed by atoms with Crippen LogP contribution < -0.4 is 10.6 Å². The Bertz CT molecular complexity index is 456. The third-order valence-corrected chi connectivity index (χ3v) is 3.06. The first-order valence-corrected chi connectivity index (χ1v) is 5.19. The first-order valence-electron chi connectivity index (χ1n) is 5.19. The zero-order chi connectivity index (χ0) is 11.8. The van der Waals surface area contributed by atoms with Crippen LogP contribution in [0.1, 0.15) is 18.9 Å². The Morgan fingerprint density at radius 3 is 2.81 bits per heavy atom. The molecule has 2 amide bonds. The van der Waals surface area contributed by atoms with E-state index in [-0.39, 0.29) is 18.2 Å². The second-order valence-corrected chi connectivity index (χ2v) is 4.18. The standard InChI is InChI=1S/C12H14N2O2/c1-12(7-10(15)13-2)8-5-3-4-6-9(8)14-11(12)16/h3-6H,7H2,1-2H3,(H,13,15)(H,14,16)/t12-/m0/s1. The molecule has 16 heavy (non-hydrogen) atoms. The zero-order valence-corrected chi connectivity index (χ0v) is 9.33. The molecule has 4 nitrogen and oxygen atoms in total. The van der Waals surface area contributed by atoms with E-state index >= 15 is 0 Å². The van der Waals surface area contributed by atoms with Crippen LogP contribution in [-0.4, -0.2) is 18.9 Å². The number of fused-ring (bicyclic) bond motifs is 1. The Labute approximate surface area is 94.0 Å². The summed E-state index contributed by atoms with van der Waals surface area (Å²) in [6, 6.07) is 7.48. The Kier molecular flexibility index (Phi) is 2.42. The lowest BCUT2D eigenvalue weighted by Crippen LogP contribution is -2.36. The van der Waals surface area contributed by atoms with Crippen LogP contribution in [0.3, 0.4) is 0 Å². The van der Waals surface area contributed by atoms with Gasteiger partial charge in [0.25, 0.3) is 0 Å². The van der Waals surface area contributed by atoms with E-state index in [1.165, 1.54) is 0 Å². The molecule has 0 saturated carbocycles. The molecule has 1 atom stereocenters. The van der Waals surface area contributed by atoms with E-state index in [0.717, 1.165) is 11.3 Å². The molecular weight excluding hydrogens is 204 g/mol. The number of para-hydroxylation sites is 1. The third kappa shape index (κ3) is 1.46. The topological polar surface area (TPSA) is 58.2 Å². The highest BCUT2D eigenvalue weighted by molar-refractivity contribution is 6.07. The summed E-state index contributed by atoms with van der Waals surface area (Å²) in [5, 5.41) is 5.35. The van der Waals surface area contributed by atoms with Gasteiger partial charge in [0.1, 0.15) is 0 Å². The maximum atomic E-state index is 11.9. The van der Waals surface area contributed by atoms with Crippen molar-refractivity contribution in [1.29, 1.82) is 0 Å². The lowest BCUT2D eigenvalue weighted by molar-refractivity contribution is -0.127. The van der Waals surface area contributed by atoms with Gasteiger partial charge in [0.2, 0.25) is 11.8 Å². The van der Waals surface area contributed by atoms with Crippen LogP contribution in [0.2, 0.25) is 0 Å². The van der Waals surface area contributed by atoms with Gasteiger partial charge in [-0.05, 0) is 18.6 Å². The fourth-order valence-electron chi connectivity index (χ4n) is 2.04. The molecule has 0 unspecified atom stereocenters. The molecule has 84 valence electrons. The number of nitrogens with one attached hydrogen (secondary N) is 2. The summed E-state index contributed by atoms with van der Waals surface area (Å²) >= 11 is 0. The second kappa shape index (κ2) is 3.63. The maximum Gasteiger partial charge on any atom is 0.235 e. The highest BCUT2D eigenvalue weighted by Crippen LogP contribution is 2.39. The Balaban J connectivity index is 2.40. The number of carbonyl (C=O) groups is 2. The lowest BCUT2D eigenvalue weighted by Gasteiger charge is -2.20. The summed E-state index contributed by atoms with van der Waals surface area (Å²) in [5.41, 5.74) is 0.943. The van der Waals surface area contributed by atoms with E-state index < -0.39 is 5.41 Å². The molecule has 0 saturated heterocycles. The smallest absolute Gasteiger partial charge is 0.235 e. The molecule has 2 rings (SSSR count). The van der Waals surface area contributed by atoms with E-state index in [0.29, 0.717) is 0 Å². The number of benzene rings is 1. The molecule has 1 aromatic carbocycles. The summed E-state index contributed by atoms with van der Waals surface area (Å²) in [4.78, 5) is 23.4. The number of hydrogen-bond acceptors (Lipinski definition) is 2. The summed E-state index contributed by atoms with van der Waals surface area (Å²) < 4.78 is 0. The molecule has 1 heterocycles. The van der Waals surface area contributed by atoms with E-state index in [1.54, 1.807) is 14.0 Å². The molecule has 0 aliphatic carbocycles. The second-order valence-electron chi connectivity index (χ2n) is 4.18. The molecule has 0 spiro atoms. The fourth-order valence-corrected chi connectivity index (χ4v) is 2.04. The molecule has 0 bridgehead atoms. The molecular formula is C12H14N2O2. The average molecular weight is 218 g/mol. The summed E-state index contributed by atoms with van der Waals surface area (Å²) in [6.45, 7) is 1.80. The van der Waals surface area contributed by atoms with Gasteiger partial charge in [-0.1, -0.05) is 18.2 Å². The molecule has 1 aliphatic heterocycles. The quantitative estimate of drug-likeness (QED) is 0.779. The summed E-state index contributed by atoms with van der Waals surface area (Å²) in [5.74, 6) is -0.244. The number of amides is 2. The number of rotatable bonds is 2. The molecule has 4 heteroatoms. The van der Waals surface area contributed by atoms with E-state index in [2.05, 4.69) is 10.6 Å². The van der Waals surface area contributed by atoms with Crippen molar-refractivity contribution in [3.63, 3.8) is 0 Å². The van der Waals surface area contributed by atoms with Crippen molar-refractivity contribution in [2.75, 3.05) is 12.4 Å². The summed E-state index contributed by atoms with van der Waals surface area (Å²) in [6.07, 6.45) is 0.173. The predicted octanol–water partition coefficient (Wildman–Crippen LogP) is 1.03. The van der Waals surface area contributed by atoms with Crippen molar-refractivity contribution in [3.8, 4) is 0 Å². The highest BCUT2D eigenvalue weighted by atomic mass is 16.2. The van der Waals surface area contributed by atoms with Gasteiger partial charge >= 0.3 is 0 Å². The van der Waals surface area contributed by atoms with Crippen LogP contribution in [0.15, 0.2) is 24.3 Å². The van der Waals surface area contributed by atoms with Gasteiger partial charge in [0, 0.05) is 19.2 Å². The van der Waals surface area contributed by atoms with Crippen LogP contribution in [0.25, 0.3) is 0 Å². The van der Waals surface area contributed by atoms with Crippen molar-refractivity contribution in [2.45, 2.75) is 18.8 Å². The largest absolute Gasteiger partial charge is 0.359 e. The van der Waals surface area contributed by atoms with Crippen molar-refractivity contribution < 1.29 is 9.59 Å². The Morgan fingerprint density at radius 1 is 1.44 bits per heavy atom. The van der Waals surface area contributed by atoms with E-state index in [1.807, 2.05) is 24.3 Å². The SMILES string of the molecule is CNC(=O)C[C@]1(C)C(=O)Nc2ccccc21. The van der Waals surface area contributed by atoms with Crippen LogP contribution >= 0.6 is 0 Å². The minimum atomic E-state index is -0.753. The molecule has 0 fully saturated rings. The van der Waals surface area contributed by atoms with Crippen LogP contribution in [0.4, 0.5) is 5.69 Å². The number of anilines is 1. The minimum Gasteiger partial charge on any atom is -0.359 e. The van der Waals surface area contributed by atoms with Gasteiger partial charge in [-0.15, -0.1) is 0 Å². The molecule has 1 aliphatic rings. The van der Waals surface area contributed by atoms with Gasteiger partial charge in [0.05, 0.1) is 5.41 Å². The highest BCUT2D eigenvalue weighted by Gasteiger charge is 2.43. The molecule has 0 aromatic heterocycles. The Hall–Kier alpha value is -1.84. The zero-order valence-electron chi connectivity index (χ0n) is 9.33. The van der Waals surface area contributed by atoms with Crippen LogP contribution in [0.5, 0.6) is 0 Å².